The first-order valence-electron chi connectivity index (χ1n) is 4.20. The molecule has 82 valence electrons. The molecule has 0 aliphatic rings. The van der Waals surface area contributed by atoms with Crippen molar-refractivity contribution in [2.75, 3.05) is 0 Å². The van der Waals surface area contributed by atoms with E-state index < -0.39 is 17.5 Å². The molecule has 0 bridgehead atoms. The van der Waals surface area contributed by atoms with Gasteiger partial charge in [0, 0.05) is 11.5 Å². The number of fused-ring (bicyclic) bond motifs is 1. The van der Waals surface area contributed by atoms with E-state index in [-0.39, 0.29) is 20.9 Å². The van der Waals surface area contributed by atoms with Gasteiger partial charge in [-0.25, -0.2) is 9.18 Å². The SMILES string of the molecule is O=C(O)c1c(O)cnc2cc(F)c(Br)cc12. The normalized spacial score (nSPS) is 10.6. The molecule has 4 nitrogen and oxygen atoms in total. The predicted molar refractivity (Wildman–Crippen MR) is 58.0 cm³/mol. The molecule has 0 aliphatic heterocycles. The molecule has 2 N–H and O–H groups in total. The topological polar surface area (TPSA) is 70.4 Å². The number of halogens is 2. The van der Waals surface area contributed by atoms with Gasteiger partial charge in [-0.2, -0.15) is 0 Å². The van der Waals surface area contributed by atoms with Crippen LogP contribution in [0.3, 0.4) is 0 Å². The van der Waals surface area contributed by atoms with Crippen molar-refractivity contribution in [3.8, 4) is 5.75 Å². The van der Waals surface area contributed by atoms with Gasteiger partial charge in [0.15, 0.2) is 0 Å². The number of aromatic nitrogens is 1. The summed E-state index contributed by atoms with van der Waals surface area (Å²) in [5.74, 6) is -2.27. The van der Waals surface area contributed by atoms with Crippen molar-refractivity contribution in [2.45, 2.75) is 0 Å². The molecule has 0 aliphatic carbocycles. The number of carbonyl (C=O) groups is 1. The first kappa shape index (κ1) is 10.8. The van der Waals surface area contributed by atoms with Crippen LogP contribution in [0.4, 0.5) is 4.39 Å². The number of benzene rings is 1. The monoisotopic (exact) mass is 285 g/mol. The molecular formula is C10H5BrFNO3. The average molecular weight is 286 g/mol. The molecule has 0 saturated carbocycles. The third-order valence-electron chi connectivity index (χ3n) is 2.10. The number of aromatic hydroxyl groups is 1. The fraction of sp³-hybridized carbons (Fsp3) is 0. The van der Waals surface area contributed by atoms with Crippen molar-refractivity contribution in [1.82, 2.24) is 4.98 Å². The zero-order chi connectivity index (χ0) is 11.9. The Balaban J connectivity index is 2.92. The van der Waals surface area contributed by atoms with Gasteiger partial charge in [0.2, 0.25) is 0 Å². The number of nitrogens with zero attached hydrogens (tertiary/aromatic N) is 1. The van der Waals surface area contributed by atoms with Gasteiger partial charge >= 0.3 is 5.97 Å². The van der Waals surface area contributed by atoms with Crippen LogP contribution in [0.5, 0.6) is 5.75 Å². The largest absolute Gasteiger partial charge is 0.505 e. The summed E-state index contributed by atoms with van der Waals surface area (Å²) in [5, 5.41) is 18.5. The van der Waals surface area contributed by atoms with E-state index >= 15 is 0 Å². The number of pyridine rings is 1. The fourth-order valence-electron chi connectivity index (χ4n) is 1.40. The van der Waals surface area contributed by atoms with E-state index in [2.05, 4.69) is 20.9 Å². The summed E-state index contributed by atoms with van der Waals surface area (Å²) in [4.78, 5) is 14.7. The molecule has 2 aromatic rings. The highest BCUT2D eigenvalue weighted by Crippen LogP contribution is 2.29. The third-order valence-corrected chi connectivity index (χ3v) is 2.71. The smallest absolute Gasteiger partial charge is 0.340 e. The van der Waals surface area contributed by atoms with Crippen LogP contribution in [0.2, 0.25) is 0 Å². The van der Waals surface area contributed by atoms with Crippen molar-refractivity contribution in [2.24, 2.45) is 0 Å². The number of aromatic carboxylic acids is 1. The van der Waals surface area contributed by atoms with Gasteiger partial charge in [0.1, 0.15) is 17.1 Å². The lowest BCUT2D eigenvalue weighted by molar-refractivity contribution is 0.0696. The molecule has 0 radical (unpaired) electrons. The van der Waals surface area contributed by atoms with E-state index in [9.17, 15) is 14.3 Å². The second-order valence-electron chi connectivity index (χ2n) is 3.11. The number of hydrogen-bond acceptors (Lipinski definition) is 3. The Morgan fingerprint density at radius 1 is 1.44 bits per heavy atom. The first-order chi connectivity index (χ1) is 7.50. The van der Waals surface area contributed by atoms with Crippen molar-refractivity contribution in [3.63, 3.8) is 0 Å². The van der Waals surface area contributed by atoms with E-state index in [0.29, 0.717) is 0 Å². The van der Waals surface area contributed by atoms with Crippen LogP contribution in [0.25, 0.3) is 10.9 Å². The molecule has 16 heavy (non-hydrogen) atoms. The molecule has 0 unspecified atom stereocenters. The van der Waals surface area contributed by atoms with Crippen molar-refractivity contribution in [1.29, 1.82) is 0 Å². The van der Waals surface area contributed by atoms with E-state index in [4.69, 9.17) is 5.11 Å². The minimum atomic E-state index is -1.29. The molecule has 0 spiro atoms. The Morgan fingerprint density at radius 2 is 2.12 bits per heavy atom. The summed E-state index contributed by atoms with van der Waals surface area (Å²) in [5.41, 5.74) is -0.110. The van der Waals surface area contributed by atoms with Crippen LogP contribution in [-0.4, -0.2) is 21.2 Å². The Morgan fingerprint density at radius 3 is 2.75 bits per heavy atom. The second-order valence-corrected chi connectivity index (χ2v) is 3.96. The molecule has 0 saturated heterocycles. The lowest BCUT2D eigenvalue weighted by Crippen LogP contribution is -1.99. The molecule has 1 aromatic carbocycles. The molecule has 0 atom stereocenters. The van der Waals surface area contributed by atoms with Crippen molar-refractivity contribution < 1.29 is 19.4 Å². The van der Waals surface area contributed by atoms with Crippen LogP contribution in [-0.2, 0) is 0 Å². The van der Waals surface area contributed by atoms with E-state index in [1.54, 1.807) is 0 Å². The van der Waals surface area contributed by atoms with E-state index in [1.807, 2.05) is 0 Å². The minimum absolute atomic E-state index is 0.120. The highest BCUT2D eigenvalue weighted by Gasteiger charge is 2.16. The zero-order valence-corrected chi connectivity index (χ0v) is 9.32. The molecular weight excluding hydrogens is 281 g/mol. The standard InChI is InChI=1S/C10H5BrFNO3/c11-5-1-4-7(2-6(5)12)13-3-8(14)9(4)10(15)16/h1-3,14H,(H,15,16). The average Bonchev–Trinajstić information content (AvgIpc) is 2.20. The van der Waals surface area contributed by atoms with Crippen LogP contribution in [0.15, 0.2) is 22.8 Å². The van der Waals surface area contributed by atoms with E-state index in [1.165, 1.54) is 6.07 Å². The van der Waals surface area contributed by atoms with Crippen LogP contribution >= 0.6 is 15.9 Å². The van der Waals surface area contributed by atoms with Crippen molar-refractivity contribution >= 4 is 32.8 Å². The summed E-state index contributed by atoms with van der Waals surface area (Å²) in [6, 6.07) is 2.38. The Bertz CT molecular complexity index is 600. The summed E-state index contributed by atoms with van der Waals surface area (Å²) >= 11 is 2.95. The quantitative estimate of drug-likeness (QED) is 0.845. The minimum Gasteiger partial charge on any atom is -0.505 e. The summed E-state index contributed by atoms with van der Waals surface area (Å²) in [7, 11) is 0. The zero-order valence-electron chi connectivity index (χ0n) is 7.74. The summed E-state index contributed by atoms with van der Waals surface area (Å²) in [6.07, 6.45) is 0.985. The van der Waals surface area contributed by atoms with Gasteiger partial charge in [0.25, 0.3) is 0 Å². The predicted octanol–water partition coefficient (Wildman–Crippen LogP) is 2.54. The summed E-state index contributed by atoms with van der Waals surface area (Å²) < 4.78 is 13.3. The van der Waals surface area contributed by atoms with Crippen LogP contribution in [0.1, 0.15) is 10.4 Å². The molecule has 0 amide bonds. The van der Waals surface area contributed by atoms with Gasteiger partial charge in [-0.1, -0.05) is 0 Å². The van der Waals surface area contributed by atoms with Gasteiger partial charge < -0.3 is 10.2 Å². The maximum atomic E-state index is 13.2. The molecule has 6 heteroatoms. The van der Waals surface area contributed by atoms with Crippen molar-refractivity contribution in [3.05, 3.63) is 34.2 Å². The Hall–Kier alpha value is -1.69. The fourth-order valence-corrected chi connectivity index (χ4v) is 1.74. The molecule has 1 heterocycles. The van der Waals surface area contributed by atoms with E-state index in [0.717, 1.165) is 12.3 Å². The number of rotatable bonds is 1. The van der Waals surface area contributed by atoms with Gasteiger partial charge in [0.05, 0.1) is 16.2 Å². The molecule has 2 rings (SSSR count). The molecule has 1 aromatic heterocycles. The number of hydrogen-bond donors (Lipinski definition) is 2. The lowest BCUT2D eigenvalue weighted by atomic mass is 10.1. The van der Waals surface area contributed by atoms with Gasteiger partial charge in [-0.3, -0.25) is 4.98 Å². The van der Waals surface area contributed by atoms with Crippen LogP contribution in [0, 0.1) is 5.82 Å². The highest BCUT2D eigenvalue weighted by molar-refractivity contribution is 9.10. The maximum absolute atomic E-state index is 13.2. The number of carboxylic acids is 1. The molecule has 0 fully saturated rings. The second kappa shape index (κ2) is 3.71. The number of carboxylic acid groups (broad SMARTS) is 1. The third kappa shape index (κ3) is 1.61. The van der Waals surface area contributed by atoms with Gasteiger partial charge in [-0.05, 0) is 22.0 Å². The summed E-state index contributed by atoms with van der Waals surface area (Å²) in [6.45, 7) is 0. The lowest BCUT2D eigenvalue weighted by Gasteiger charge is -2.05. The Labute approximate surface area is 97.5 Å². The Kier molecular flexibility index (Phi) is 2.51. The van der Waals surface area contributed by atoms with Crippen LogP contribution < -0.4 is 0 Å². The maximum Gasteiger partial charge on any atom is 0.340 e. The highest BCUT2D eigenvalue weighted by atomic mass is 79.9. The van der Waals surface area contributed by atoms with Gasteiger partial charge in [-0.15, -0.1) is 0 Å². The first-order valence-corrected chi connectivity index (χ1v) is 5.00.